The Morgan fingerprint density at radius 2 is 1.93 bits per heavy atom. The number of carbonyl (C=O) groups is 1. The lowest BCUT2D eigenvalue weighted by atomic mass is 10.1. The molecule has 0 unspecified atom stereocenters. The molecular formula is C22H19BrN6O. The molecule has 4 aromatic rings. The molecule has 0 aliphatic carbocycles. The predicted octanol–water partition coefficient (Wildman–Crippen LogP) is 4.41. The van der Waals surface area contributed by atoms with E-state index in [1.165, 1.54) is 0 Å². The van der Waals surface area contributed by atoms with E-state index >= 15 is 0 Å². The Hall–Kier alpha value is -3.52. The van der Waals surface area contributed by atoms with Gasteiger partial charge in [0.1, 0.15) is 5.69 Å². The number of halogens is 1. The third-order valence-corrected chi connectivity index (χ3v) is 5.09. The van der Waals surface area contributed by atoms with Gasteiger partial charge in [-0.05, 0) is 49.7 Å². The van der Waals surface area contributed by atoms with Crippen LogP contribution in [0.25, 0.3) is 16.9 Å². The van der Waals surface area contributed by atoms with Crippen molar-refractivity contribution in [3.05, 3.63) is 87.8 Å². The summed E-state index contributed by atoms with van der Waals surface area (Å²) in [5.41, 5.74) is 8.02. The summed E-state index contributed by atoms with van der Waals surface area (Å²) >= 11 is 3.40. The third-order valence-electron chi connectivity index (χ3n) is 4.60. The van der Waals surface area contributed by atoms with Gasteiger partial charge in [-0.2, -0.15) is 15.3 Å². The van der Waals surface area contributed by atoms with Gasteiger partial charge in [-0.25, -0.2) is 10.1 Å². The number of benzene rings is 2. The van der Waals surface area contributed by atoms with Crippen molar-refractivity contribution in [2.24, 2.45) is 5.10 Å². The molecule has 2 aromatic carbocycles. The van der Waals surface area contributed by atoms with Crippen LogP contribution in [0.3, 0.4) is 0 Å². The highest BCUT2D eigenvalue weighted by Crippen LogP contribution is 2.27. The molecule has 150 valence electrons. The molecule has 0 atom stereocenters. The average Bonchev–Trinajstić information content (AvgIpc) is 3.33. The molecule has 1 amide bonds. The monoisotopic (exact) mass is 462 g/mol. The molecule has 8 heteroatoms. The van der Waals surface area contributed by atoms with E-state index in [0.717, 1.165) is 32.7 Å². The van der Waals surface area contributed by atoms with Gasteiger partial charge in [-0.15, -0.1) is 0 Å². The second-order valence-corrected chi connectivity index (χ2v) is 7.63. The van der Waals surface area contributed by atoms with E-state index in [2.05, 4.69) is 41.8 Å². The number of amides is 1. The fraction of sp³-hybridized carbons (Fsp3) is 0.0909. The Balaban J connectivity index is 1.53. The molecule has 7 nitrogen and oxygen atoms in total. The second-order valence-electron chi connectivity index (χ2n) is 6.71. The molecule has 2 N–H and O–H groups in total. The Morgan fingerprint density at radius 1 is 1.13 bits per heavy atom. The van der Waals surface area contributed by atoms with E-state index in [9.17, 15) is 4.79 Å². The molecule has 0 fully saturated rings. The van der Waals surface area contributed by atoms with Gasteiger partial charge < -0.3 is 0 Å². The lowest BCUT2D eigenvalue weighted by Crippen LogP contribution is -2.17. The van der Waals surface area contributed by atoms with E-state index < -0.39 is 0 Å². The first-order chi connectivity index (χ1) is 14.5. The van der Waals surface area contributed by atoms with Gasteiger partial charge in [0.05, 0.1) is 29.0 Å². The van der Waals surface area contributed by atoms with Crippen LogP contribution >= 0.6 is 15.9 Å². The molecule has 4 rings (SSSR count). The van der Waals surface area contributed by atoms with Crippen LogP contribution in [0.4, 0.5) is 0 Å². The first-order valence-corrected chi connectivity index (χ1v) is 10.1. The van der Waals surface area contributed by atoms with Crippen molar-refractivity contribution in [2.75, 3.05) is 0 Å². The first-order valence-electron chi connectivity index (χ1n) is 9.29. The maximum Gasteiger partial charge on any atom is 0.289 e. The highest BCUT2D eigenvalue weighted by molar-refractivity contribution is 9.10. The van der Waals surface area contributed by atoms with Crippen molar-refractivity contribution in [2.45, 2.75) is 13.8 Å². The van der Waals surface area contributed by atoms with Crippen molar-refractivity contribution in [3.8, 4) is 16.9 Å². The Morgan fingerprint density at radius 3 is 2.70 bits per heavy atom. The van der Waals surface area contributed by atoms with Crippen LogP contribution in [0.2, 0.25) is 0 Å². The highest BCUT2D eigenvalue weighted by atomic mass is 79.9. The van der Waals surface area contributed by atoms with Crippen molar-refractivity contribution in [1.29, 1.82) is 0 Å². The minimum atomic E-state index is -0.370. The van der Waals surface area contributed by atoms with Crippen molar-refractivity contribution >= 4 is 28.1 Å². The highest BCUT2D eigenvalue weighted by Gasteiger charge is 2.18. The second kappa shape index (κ2) is 8.46. The molecule has 0 aliphatic heterocycles. The van der Waals surface area contributed by atoms with Gasteiger partial charge >= 0.3 is 0 Å². The number of hydrogen-bond donors (Lipinski definition) is 2. The number of hydrazone groups is 1. The van der Waals surface area contributed by atoms with Gasteiger partial charge in [0, 0.05) is 10.0 Å². The van der Waals surface area contributed by atoms with Crippen molar-refractivity contribution in [3.63, 3.8) is 0 Å². The van der Waals surface area contributed by atoms with E-state index in [1.54, 1.807) is 12.3 Å². The average molecular weight is 463 g/mol. The zero-order chi connectivity index (χ0) is 21.1. The molecule has 0 aliphatic rings. The minimum Gasteiger partial charge on any atom is -0.272 e. The fourth-order valence-electron chi connectivity index (χ4n) is 3.21. The number of hydrogen-bond acceptors (Lipinski definition) is 4. The number of nitrogens with one attached hydrogen (secondary N) is 2. The molecule has 30 heavy (non-hydrogen) atoms. The quantitative estimate of drug-likeness (QED) is 0.340. The molecule has 0 saturated heterocycles. The van der Waals surface area contributed by atoms with Gasteiger partial charge in [-0.3, -0.25) is 9.89 Å². The number of aromatic nitrogens is 4. The normalized spacial score (nSPS) is 11.2. The maximum atomic E-state index is 12.4. The number of nitrogens with zero attached hydrogens (tertiary/aromatic N) is 4. The Bertz CT molecular complexity index is 1230. The van der Waals surface area contributed by atoms with Crippen molar-refractivity contribution in [1.82, 2.24) is 25.4 Å². The number of rotatable bonds is 5. The smallest absolute Gasteiger partial charge is 0.272 e. The zero-order valence-corrected chi connectivity index (χ0v) is 18.0. The summed E-state index contributed by atoms with van der Waals surface area (Å²) in [7, 11) is 0. The fourth-order valence-corrected chi connectivity index (χ4v) is 3.63. The predicted molar refractivity (Wildman–Crippen MR) is 120 cm³/mol. The molecule has 0 saturated carbocycles. The molecular weight excluding hydrogens is 444 g/mol. The molecule has 0 bridgehead atoms. The van der Waals surface area contributed by atoms with Crippen LogP contribution in [0.5, 0.6) is 0 Å². The summed E-state index contributed by atoms with van der Waals surface area (Å²) in [6.07, 6.45) is 1.58. The van der Waals surface area contributed by atoms with Crippen LogP contribution in [-0.2, 0) is 0 Å². The van der Waals surface area contributed by atoms with Crippen molar-refractivity contribution < 1.29 is 4.79 Å². The molecule has 2 heterocycles. The SMILES string of the molecule is Cc1nn(-c2ccccc2)c(C)c1-c1cc(C(=O)NN=Cc2cccc(Br)c2)[nH]n1. The van der Waals surface area contributed by atoms with Crippen LogP contribution in [0.15, 0.2) is 70.2 Å². The minimum absolute atomic E-state index is 0.322. The topological polar surface area (TPSA) is 88.0 Å². The number of aryl methyl sites for hydroxylation is 1. The Kier molecular flexibility index (Phi) is 5.58. The number of aromatic amines is 1. The summed E-state index contributed by atoms with van der Waals surface area (Å²) < 4.78 is 2.82. The van der Waals surface area contributed by atoms with E-state index in [-0.39, 0.29) is 5.91 Å². The van der Waals surface area contributed by atoms with Crippen LogP contribution in [0, 0.1) is 13.8 Å². The summed E-state index contributed by atoms with van der Waals surface area (Å²) in [5, 5.41) is 15.7. The molecule has 0 spiro atoms. The maximum absolute atomic E-state index is 12.4. The van der Waals surface area contributed by atoms with E-state index in [4.69, 9.17) is 0 Å². The third kappa shape index (κ3) is 4.08. The lowest BCUT2D eigenvalue weighted by molar-refractivity contribution is 0.0950. The van der Waals surface area contributed by atoms with Gasteiger partial charge in [0.2, 0.25) is 0 Å². The van der Waals surface area contributed by atoms with Gasteiger partial charge in [0.25, 0.3) is 5.91 Å². The van der Waals surface area contributed by atoms with Gasteiger partial charge in [-0.1, -0.05) is 46.3 Å². The van der Waals surface area contributed by atoms with Crippen LogP contribution < -0.4 is 5.43 Å². The Labute approximate surface area is 182 Å². The van der Waals surface area contributed by atoms with Crippen LogP contribution in [0.1, 0.15) is 27.4 Å². The summed E-state index contributed by atoms with van der Waals surface area (Å²) in [6.45, 7) is 3.91. The van der Waals surface area contributed by atoms with E-state index in [0.29, 0.717) is 11.4 Å². The molecule has 0 radical (unpaired) electrons. The number of carbonyl (C=O) groups excluding carboxylic acids is 1. The largest absolute Gasteiger partial charge is 0.289 e. The lowest BCUT2D eigenvalue weighted by Gasteiger charge is -2.04. The van der Waals surface area contributed by atoms with Gasteiger partial charge in [0.15, 0.2) is 0 Å². The van der Waals surface area contributed by atoms with Crippen LogP contribution in [-0.4, -0.2) is 32.1 Å². The standard InChI is InChI=1S/C22H19BrN6O/c1-14-21(15(2)29(28-14)18-9-4-3-5-10-18)19-12-20(26-25-19)22(30)27-24-13-16-7-6-8-17(23)11-16/h3-13H,1-2H3,(H,25,26)(H,27,30). The van der Waals surface area contributed by atoms with E-state index in [1.807, 2.05) is 73.1 Å². The number of H-pyrrole nitrogens is 1. The number of para-hydroxylation sites is 1. The zero-order valence-electron chi connectivity index (χ0n) is 16.4. The molecule has 2 aromatic heterocycles. The summed E-state index contributed by atoms with van der Waals surface area (Å²) in [6, 6.07) is 19.2. The summed E-state index contributed by atoms with van der Waals surface area (Å²) in [4.78, 5) is 12.4. The summed E-state index contributed by atoms with van der Waals surface area (Å²) in [5.74, 6) is -0.370. The first kappa shape index (κ1) is 19.8.